The zero-order chi connectivity index (χ0) is 17.1. The molecule has 124 valence electrons. The van der Waals surface area contributed by atoms with Gasteiger partial charge in [0.25, 0.3) is 0 Å². The van der Waals surface area contributed by atoms with E-state index in [1.807, 2.05) is 0 Å². The van der Waals surface area contributed by atoms with Crippen molar-refractivity contribution in [3.05, 3.63) is 16.3 Å². The van der Waals surface area contributed by atoms with Crippen LogP contribution in [0.15, 0.2) is 0 Å². The molecule has 0 bridgehead atoms. The van der Waals surface area contributed by atoms with E-state index in [0.29, 0.717) is 33.1 Å². The summed E-state index contributed by atoms with van der Waals surface area (Å²) >= 11 is 1.19. The second-order valence-corrected chi connectivity index (χ2v) is 6.24. The summed E-state index contributed by atoms with van der Waals surface area (Å²) in [5.41, 5.74) is 6.68. The molecule has 0 aliphatic rings. The number of carbonyl (C=O) groups excluding carboxylic acids is 2. The Bertz CT molecular complexity index is 755. The van der Waals surface area contributed by atoms with E-state index < -0.39 is 5.97 Å². The van der Waals surface area contributed by atoms with E-state index in [2.05, 4.69) is 9.97 Å². The quantitative estimate of drug-likeness (QED) is 0.836. The summed E-state index contributed by atoms with van der Waals surface area (Å²) in [4.78, 5) is 33.0. The Balaban J connectivity index is 2.34. The number of aromatic nitrogens is 2. The van der Waals surface area contributed by atoms with Crippen molar-refractivity contribution in [3.63, 3.8) is 0 Å². The highest BCUT2D eigenvalue weighted by atomic mass is 32.1. The van der Waals surface area contributed by atoms with Gasteiger partial charge in [-0.2, -0.15) is 0 Å². The molecular weight excluding hydrogens is 318 g/mol. The number of hydrogen-bond acceptors (Lipinski definition) is 8. The molecule has 8 heteroatoms. The van der Waals surface area contributed by atoms with E-state index in [0.717, 1.165) is 0 Å². The minimum absolute atomic E-state index is 0.0527. The Morgan fingerprint density at radius 1 is 1.26 bits per heavy atom. The first-order valence-electron chi connectivity index (χ1n) is 7.24. The Morgan fingerprint density at radius 3 is 2.57 bits per heavy atom. The van der Waals surface area contributed by atoms with Gasteiger partial charge in [0.15, 0.2) is 12.4 Å². The lowest BCUT2D eigenvalue weighted by Crippen LogP contribution is -2.13. The van der Waals surface area contributed by atoms with E-state index >= 15 is 0 Å². The van der Waals surface area contributed by atoms with Gasteiger partial charge >= 0.3 is 11.9 Å². The average Bonchev–Trinajstić information content (AvgIpc) is 2.82. The van der Waals surface area contributed by atoms with Gasteiger partial charge in [0, 0.05) is 0 Å². The molecular formula is C15H19N3O4S. The summed E-state index contributed by atoms with van der Waals surface area (Å²) in [6.07, 6.45) is 0. The van der Waals surface area contributed by atoms with Gasteiger partial charge in [0.1, 0.15) is 15.5 Å². The van der Waals surface area contributed by atoms with Crippen molar-refractivity contribution in [2.45, 2.75) is 34.3 Å². The van der Waals surface area contributed by atoms with Crippen LogP contribution in [0.25, 0.3) is 10.2 Å². The minimum atomic E-state index is -0.403. The molecule has 7 nitrogen and oxygen atoms in total. The maximum Gasteiger partial charge on any atom is 0.348 e. The summed E-state index contributed by atoms with van der Waals surface area (Å²) in [5.74, 6) is -0.395. The number of aryl methyl sites for hydroxylation is 1. The number of ether oxygens (including phenoxy) is 2. The number of esters is 2. The molecule has 2 aromatic rings. The monoisotopic (exact) mass is 337 g/mol. The molecule has 0 aromatic carbocycles. The Morgan fingerprint density at radius 2 is 1.96 bits per heavy atom. The van der Waals surface area contributed by atoms with Crippen molar-refractivity contribution in [2.75, 3.05) is 12.3 Å². The van der Waals surface area contributed by atoms with Crippen LogP contribution >= 0.6 is 11.3 Å². The first kappa shape index (κ1) is 17.1. The van der Waals surface area contributed by atoms with E-state index in [9.17, 15) is 9.59 Å². The zero-order valence-corrected chi connectivity index (χ0v) is 14.3. The lowest BCUT2D eigenvalue weighted by Gasteiger charge is -2.07. The van der Waals surface area contributed by atoms with E-state index in [-0.39, 0.29) is 24.3 Å². The van der Waals surface area contributed by atoms with Crippen LogP contribution in [0, 0.1) is 12.8 Å². The molecule has 2 rings (SSSR count). The average molecular weight is 337 g/mol. The van der Waals surface area contributed by atoms with Crippen LogP contribution < -0.4 is 5.73 Å². The maximum absolute atomic E-state index is 12.0. The number of anilines is 1. The van der Waals surface area contributed by atoms with Crippen LogP contribution in [0.4, 0.5) is 5.82 Å². The number of fused-ring (bicyclic) bond motifs is 1. The van der Waals surface area contributed by atoms with Crippen molar-refractivity contribution >= 4 is 39.3 Å². The normalized spacial score (nSPS) is 11.0. The standard InChI is InChI=1S/C15H19N3O4S/c1-5-21-15(20)11-8(4)10-12(16)17-9(18-13(10)23-11)6-22-14(19)7(2)3/h7H,5-6H2,1-4H3,(H2,16,17,18). The van der Waals surface area contributed by atoms with Crippen LogP contribution in [0.1, 0.15) is 41.8 Å². The Kier molecular flexibility index (Phi) is 5.15. The van der Waals surface area contributed by atoms with Gasteiger partial charge in [-0.1, -0.05) is 13.8 Å². The molecule has 0 aliphatic heterocycles. The van der Waals surface area contributed by atoms with Gasteiger partial charge in [-0.3, -0.25) is 4.79 Å². The van der Waals surface area contributed by atoms with Gasteiger partial charge in [-0.15, -0.1) is 11.3 Å². The molecule has 0 saturated heterocycles. The first-order valence-corrected chi connectivity index (χ1v) is 8.06. The number of thiophene rings is 1. The predicted molar refractivity (Wildman–Crippen MR) is 87.2 cm³/mol. The molecule has 23 heavy (non-hydrogen) atoms. The second-order valence-electron chi connectivity index (χ2n) is 5.24. The number of rotatable bonds is 5. The molecule has 0 atom stereocenters. The molecule has 2 heterocycles. The van der Waals surface area contributed by atoms with Gasteiger partial charge < -0.3 is 15.2 Å². The van der Waals surface area contributed by atoms with Crippen molar-refractivity contribution in [2.24, 2.45) is 5.92 Å². The fraction of sp³-hybridized carbons (Fsp3) is 0.467. The highest BCUT2D eigenvalue weighted by Gasteiger charge is 2.20. The van der Waals surface area contributed by atoms with Crippen LogP contribution in [-0.4, -0.2) is 28.5 Å². The molecule has 0 amide bonds. The topological polar surface area (TPSA) is 104 Å². The van der Waals surface area contributed by atoms with Gasteiger partial charge in [-0.25, -0.2) is 14.8 Å². The highest BCUT2D eigenvalue weighted by molar-refractivity contribution is 7.20. The van der Waals surface area contributed by atoms with E-state index in [1.54, 1.807) is 27.7 Å². The first-order chi connectivity index (χ1) is 10.8. The number of nitrogens with zero attached hydrogens (tertiary/aromatic N) is 2. The fourth-order valence-corrected chi connectivity index (χ4v) is 3.08. The largest absolute Gasteiger partial charge is 0.462 e. The number of carbonyl (C=O) groups is 2. The third kappa shape index (κ3) is 3.58. The fourth-order valence-electron chi connectivity index (χ4n) is 1.97. The number of hydrogen-bond donors (Lipinski definition) is 1. The minimum Gasteiger partial charge on any atom is -0.462 e. The Hall–Kier alpha value is -2.22. The van der Waals surface area contributed by atoms with Crippen LogP contribution in [0.2, 0.25) is 0 Å². The number of nitrogen functional groups attached to an aromatic ring is 1. The van der Waals surface area contributed by atoms with Crippen molar-refractivity contribution in [1.29, 1.82) is 0 Å². The molecule has 2 aromatic heterocycles. The van der Waals surface area contributed by atoms with Crippen molar-refractivity contribution in [1.82, 2.24) is 9.97 Å². The molecule has 0 spiro atoms. The van der Waals surface area contributed by atoms with Gasteiger partial charge in [-0.05, 0) is 19.4 Å². The Labute approximate surface area is 137 Å². The zero-order valence-electron chi connectivity index (χ0n) is 13.5. The van der Waals surface area contributed by atoms with Gasteiger partial charge in [0.05, 0.1) is 17.9 Å². The molecule has 2 N–H and O–H groups in total. The third-order valence-corrected chi connectivity index (χ3v) is 4.31. The summed E-state index contributed by atoms with van der Waals surface area (Å²) in [6.45, 7) is 7.26. The van der Waals surface area contributed by atoms with E-state index in [4.69, 9.17) is 15.2 Å². The van der Waals surface area contributed by atoms with Crippen LogP contribution in [0.3, 0.4) is 0 Å². The van der Waals surface area contributed by atoms with Crippen molar-refractivity contribution in [3.8, 4) is 0 Å². The van der Waals surface area contributed by atoms with Crippen molar-refractivity contribution < 1.29 is 19.1 Å². The smallest absolute Gasteiger partial charge is 0.348 e. The number of nitrogens with two attached hydrogens (primary N) is 1. The molecule has 0 saturated carbocycles. The highest BCUT2D eigenvalue weighted by Crippen LogP contribution is 2.33. The second kappa shape index (κ2) is 6.91. The summed E-state index contributed by atoms with van der Waals surface area (Å²) in [6, 6.07) is 0. The molecule has 0 aliphatic carbocycles. The third-order valence-electron chi connectivity index (χ3n) is 3.14. The SMILES string of the molecule is CCOC(=O)c1sc2nc(COC(=O)C(C)C)nc(N)c2c1C. The summed E-state index contributed by atoms with van der Waals surface area (Å²) in [7, 11) is 0. The maximum atomic E-state index is 12.0. The summed E-state index contributed by atoms with van der Waals surface area (Å²) < 4.78 is 10.1. The molecule has 0 unspecified atom stereocenters. The molecule has 0 radical (unpaired) electrons. The molecule has 0 fully saturated rings. The van der Waals surface area contributed by atoms with Crippen LogP contribution in [0.5, 0.6) is 0 Å². The van der Waals surface area contributed by atoms with E-state index in [1.165, 1.54) is 11.3 Å². The lowest BCUT2D eigenvalue weighted by molar-refractivity contribution is -0.148. The summed E-state index contributed by atoms with van der Waals surface area (Å²) in [5, 5.41) is 0.636. The predicted octanol–water partition coefficient (Wildman–Crippen LogP) is 2.46. The lowest BCUT2D eigenvalue weighted by atomic mass is 10.2. The van der Waals surface area contributed by atoms with Gasteiger partial charge in [0.2, 0.25) is 0 Å². The van der Waals surface area contributed by atoms with Crippen LogP contribution in [-0.2, 0) is 20.9 Å².